The first-order valence-electron chi connectivity index (χ1n) is 6.17. The monoisotopic (exact) mass is 245 g/mol. The number of hydrogen-bond donors (Lipinski definition) is 1. The van der Waals surface area contributed by atoms with Gasteiger partial charge in [0.25, 0.3) is 0 Å². The second-order valence-corrected chi connectivity index (χ2v) is 6.05. The van der Waals surface area contributed by atoms with Gasteiger partial charge in [0, 0.05) is 13.1 Å². The summed E-state index contributed by atoms with van der Waals surface area (Å²) >= 11 is 0. The smallest absolute Gasteiger partial charge is 0.307 e. The van der Waals surface area contributed by atoms with E-state index in [0.29, 0.717) is 19.6 Å². The predicted octanol–water partition coefficient (Wildman–Crippen LogP) is 2.12. The molecular weight excluding hydrogens is 218 g/mol. The molecule has 17 heavy (non-hydrogen) atoms. The van der Waals surface area contributed by atoms with Gasteiger partial charge in [0.2, 0.25) is 0 Å². The lowest BCUT2D eigenvalue weighted by atomic mass is 10.2. The second kappa shape index (κ2) is 6.97. The summed E-state index contributed by atoms with van der Waals surface area (Å²) in [6, 6.07) is 0. The molecule has 0 spiro atoms. The van der Waals surface area contributed by atoms with Crippen molar-refractivity contribution in [2.24, 2.45) is 0 Å². The molecule has 0 aromatic carbocycles. The van der Waals surface area contributed by atoms with E-state index in [1.165, 1.54) is 0 Å². The van der Waals surface area contributed by atoms with E-state index < -0.39 is 5.60 Å². The van der Waals surface area contributed by atoms with Crippen molar-refractivity contribution in [3.05, 3.63) is 0 Å². The van der Waals surface area contributed by atoms with Crippen LogP contribution in [0.25, 0.3) is 0 Å². The average Bonchev–Trinajstić information content (AvgIpc) is 2.06. The average molecular weight is 245 g/mol. The van der Waals surface area contributed by atoms with Crippen molar-refractivity contribution >= 4 is 5.97 Å². The Morgan fingerprint density at radius 3 is 2.06 bits per heavy atom. The van der Waals surface area contributed by atoms with Crippen LogP contribution in [0.5, 0.6) is 0 Å². The predicted molar refractivity (Wildman–Crippen MR) is 69.0 cm³/mol. The SMILES string of the molecule is CC(C)(C)OCCNCCC(=O)OC(C)(C)C. The number of ether oxygens (including phenoxy) is 2. The normalized spacial score (nSPS) is 12.6. The maximum atomic E-state index is 11.4. The van der Waals surface area contributed by atoms with E-state index in [0.717, 1.165) is 6.54 Å². The number of hydrogen-bond acceptors (Lipinski definition) is 4. The third-order valence-corrected chi connectivity index (χ3v) is 1.74. The van der Waals surface area contributed by atoms with Gasteiger partial charge < -0.3 is 14.8 Å². The van der Waals surface area contributed by atoms with Gasteiger partial charge >= 0.3 is 5.97 Å². The van der Waals surface area contributed by atoms with Gasteiger partial charge in [-0.3, -0.25) is 4.79 Å². The van der Waals surface area contributed by atoms with Crippen molar-refractivity contribution in [3.63, 3.8) is 0 Å². The summed E-state index contributed by atoms with van der Waals surface area (Å²) in [5.74, 6) is -0.165. The zero-order valence-electron chi connectivity index (χ0n) is 12.1. The van der Waals surface area contributed by atoms with Crippen LogP contribution in [0, 0.1) is 0 Å². The molecule has 0 aliphatic rings. The molecule has 0 atom stereocenters. The van der Waals surface area contributed by atoms with Crippen LogP contribution in [0.2, 0.25) is 0 Å². The molecule has 0 aromatic heterocycles. The number of carbonyl (C=O) groups excluding carboxylic acids is 1. The molecule has 0 amide bonds. The highest BCUT2D eigenvalue weighted by Gasteiger charge is 2.15. The summed E-state index contributed by atoms with van der Waals surface area (Å²) in [5.41, 5.74) is -0.501. The lowest BCUT2D eigenvalue weighted by molar-refractivity contribution is -0.154. The molecule has 0 unspecified atom stereocenters. The van der Waals surface area contributed by atoms with Gasteiger partial charge in [0.1, 0.15) is 5.60 Å². The molecule has 0 saturated carbocycles. The van der Waals surface area contributed by atoms with Gasteiger partial charge in [0.15, 0.2) is 0 Å². The molecular formula is C13H27NO3. The van der Waals surface area contributed by atoms with E-state index in [4.69, 9.17) is 9.47 Å². The molecule has 0 fully saturated rings. The maximum absolute atomic E-state index is 11.4. The van der Waals surface area contributed by atoms with Gasteiger partial charge in [0.05, 0.1) is 18.6 Å². The molecule has 0 rings (SSSR count). The highest BCUT2D eigenvalue weighted by Crippen LogP contribution is 2.07. The first-order valence-corrected chi connectivity index (χ1v) is 6.17. The summed E-state index contributed by atoms with van der Waals surface area (Å²) in [4.78, 5) is 11.4. The standard InChI is InChI=1S/C13H27NO3/c1-12(2,3)16-10-9-14-8-7-11(15)17-13(4,5)6/h14H,7-10H2,1-6H3. The van der Waals surface area contributed by atoms with E-state index in [1.807, 2.05) is 41.5 Å². The molecule has 102 valence electrons. The third kappa shape index (κ3) is 13.3. The van der Waals surface area contributed by atoms with E-state index in [-0.39, 0.29) is 11.6 Å². The highest BCUT2D eigenvalue weighted by atomic mass is 16.6. The molecule has 4 heteroatoms. The van der Waals surface area contributed by atoms with Crippen LogP contribution in [-0.4, -0.2) is 36.9 Å². The Hall–Kier alpha value is -0.610. The number of rotatable bonds is 6. The van der Waals surface area contributed by atoms with Crippen molar-refractivity contribution in [1.29, 1.82) is 0 Å². The lowest BCUT2D eigenvalue weighted by Crippen LogP contribution is -2.29. The first kappa shape index (κ1) is 16.4. The minimum Gasteiger partial charge on any atom is -0.460 e. The van der Waals surface area contributed by atoms with Crippen molar-refractivity contribution < 1.29 is 14.3 Å². The van der Waals surface area contributed by atoms with Gasteiger partial charge in [-0.15, -0.1) is 0 Å². The maximum Gasteiger partial charge on any atom is 0.307 e. The van der Waals surface area contributed by atoms with E-state index in [9.17, 15) is 4.79 Å². The van der Waals surface area contributed by atoms with E-state index >= 15 is 0 Å². The summed E-state index contributed by atoms with van der Waals surface area (Å²) < 4.78 is 10.7. The molecule has 0 aliphatic heterocycles. The fraction of sp³-hybridized carbons (Fsp3) is 0.923. The molecule has 0 radical (unpaired) electrons. The fourth-order valence-corrected chi connectivity index (χ4v) is 1.14. The molecule has 0 aliphatic carbocycles. The quantitative estimate of drug-likeness (QED) is 0.575. The molecule has 0 bridgehead atoms. The van der Waals surface area contributed by atoms with E-state index in [2.05, 4.69) is 5.32 Å². The lowest BCUT2D eigenvalue weighted by Gasteiger charge is -2.20. The van der Waals surface area contributed by atoms with Gasteiger partial charge in [-0.2, -0.15) is 0 Å². The topological polar surface area (TPSA) is 47.6 Å². The Balaban J connectivity index is 3.44. The summed E-state index contributed by atoms with van der Waals surface area (Å²) in [7, 11) is 0. The Bertz CT molecular complexity index is 226. The van der Waals surface area contributed by atoms with Crippen molar-refractivity contribution in [2.45, 2.75) is 59.2 Å². The highest BCUT2D eigenvalue weighted by molar-refractivity contribution is 5.70. The number of esters is 1. The Morgan fingerprint density at radius 1 is 1.00 bits per heavy atom. The van der Waals surface area contributed by atoms with Crippen LogP contribution >= 0.6 is 0 Å². The minimum absolute atomic E-state index is 0.104. The molecule has 0 aromatic rings. The zero-order valence-corrected chi connectivity index (χ0v) is 12.1. The molecule has 0 saturated heterocycles. The minimum atomic E-state index is -0.396. The summed E-state index contributed by atoms with van der Waals surface area (Å²) in [6.45, 7) is 13.7. The molecule has 4 nitrogen and oxygen atoms in total. The Morgan fingerprint density at radius 2 is 1.59 bits per heavy atom. The summed E-state index contributed by atoms with van der Waals surface area (Å²) in [5, 5.41) is 3.15. The van der Waals surface area contributed by atoms with Crippen LogP contribution in [0.3, 0.4) is 0 Å². The van der Waals surface area contributed by atoms with Crippen LogP contribution in [0.15, 0.2) is 0 Å². The Labute approximate surface area is 105 Å². The molecule has 1 N–H and O–H groups in total. The Kier molecular flexibility index (Phi) is 6.72. The number of nitrogens with one attached hydrogen (secondary N) is 1. The van der Waals surface area contributed by atoms with E-state index in [1.54, 1.807) is 0 Å². The number of carbonyl (C=O) groups is 1. The van der Waals surface area contributed by atoms with Crippen molar-refractivity contribution in [3.8, 4) is 0 Å². The van der Waals surface area contributed by atoms with Crippen molar-refractivity contribution in [2.75, 3.05) is 19.7 Å². The largest absolute Gasteiger partial charge is 0.460 e. The first-order chi connectivity index (χ1) is 7.60. The van der Waals surface area contributed by atoms with Crippen LogP contribution in [0.1, 0.15) is 48.0 Å². The van der Waals surface area contributed by atoms with Gasteiger partial charge in [-0.1, -0.05) is 0 Å². The van der Waals surface area contributed by atoms with Gasteiger partial charge in [-0.05, 0) is 41.5 Å². The second-order valence-electron chi connectivity index (χ2n) is 6.05. The van der Waals surface area contributed by atoms with Crippen LogP contribution < -0.4 is 5.32 Å². The zero-order chi connectivity index (χ0) is 13.5. The van der Waals surface area contributed by atoms with Gasteiger partial charge in [-0.25, -0.2) is 0 Å². The van der Waals surface area contributed by atoms with Crippen molar-refractivity contribution in [1.82, 2.24) is 5.32 Å². The van der Waals surface area contributed by atoms with Crippen LogP contribution in [0.4, 0.5) is 0 Å². The fourth-order valence-electron chi connectivity index (χ4n) is 1.14. The summed E-state index contributed by atoms with van der Waals surface area (Å²) in [6.07, 6.45) is 0.396. The molecule has 0 heterocycles. The van der Waals surface area contributed by atoms with Crippen LogP contribution in [-0.2, 0) is 14.3 Å². The third-order valence-electron chi connectivity index (χ3n) is 1.74.